The van der Waals surface area contributed by atoms with Crippen LogP contribution < -0.4 is 4.74 Å². The number of nitrogens with zero attached hydrogens (tertiary/aromatic N) is 3. The van der Waals surface area contributed by atoms with Crippen LogP contribution in [0.25, 0.3) is 22.2 Å². The molecule has 2 aromatic heterocycles. The van der Waals surface area contributed by atoms with Crippen LogP contribution in [0.1, 0.15) is 16.2 Å². The summed E-state index contributed by atoms with van der Waals surface area (Å²) >= 11 is 0. The van der Waals surface area contributed by atoms with Crippen molar-refractivity contribution in [3.63, 3.8) is 0 Å². The minimum Gasteiger partial charge on any atom is -0.496 e. The van der Waals surface area contributed by atoms with Crippen molar-refractivity contribution in [2.75, 3.05) is 7.11 Å². The second kappa shape index (κ2) is 4.91. The number of rotatable bonds is 3. The lowest BCUT2D eigenvalue weighted by Gasteiger charge is -2.03. The van der Waals surface area contributed by atoms with E-state index in [-0.39, 0.29) is 5.69 Å². The standard InChI is InChI=1S/C16H17N3O3/c1-9-14(10-8-12(16(20)21)19(3)17-10)15-11(18(9)2)6-5-7-13(15)22-4/h5-8H,1-4H3,(H,20,21). The van der Waals surface area contributed by atoms with Gasteiger partial charge in [-0.2, -0.15) is 5.10 Å². The minimum atomic E-state index is -0.994. The van der Waals surface area contributed by atoms with E-state index in [4.69, 9.17) is 4.74 Å². The number of methoxy groups -OCH3 is 1. The normalized spacial score (nSPS) is 11.1. The number of fused-ring (bicyclic) bond motifs is 1. The topological polar surface area (TPSA) is 69.3 Å². The molecule has 0 aliphatic heterocycles. The largest absolute Gasteiger partial charge is 0.496 e. The molecule has 0 aliphatic carbocycles. The predicted octanol–water partition coefficient (Wildman–Crippen LogP) is 2.59. The third kappa shape index (κ3) is 1.88. The molecule has 2 heterocycles. The Morgan fingerprint density at radius 3 is 2.64 bits per heavy atom. The van der Waals surface area contributed by atoms with Gasteiger partial charge in [-0.25, -0.2) is 4.79 Å². The Balaban J connectivity index is 2.38. The Morgan fingerprint density at radius 1 is 1.32 bits per heavy atom. The van der Waals surface area contributed by atoms with Gasteiger partial charge < -0.3 is 14.4 Å². The summed E-state index contributed by atoms with van der Waals surface area (Å²) < 4.78 is 8.92. The fourth-order valence-electron chi connectivity index (χ4n) is 2.85. The molecule has 6 heteroatoms. The van der Waals surface area contributed by atoms with E-state index in [1.54, 1.807) is 20.2 Å². The van der Waals surface area contributed by atoms with Crippen molar-refractivity contribution in [2.45, 2.75) is 6.92 Å². The van der Waals surface area contributed by atoms with Crippen molar-refractivity contribution in [1.82, 2.24) is 14.3 Å². The second-order valence-electron chi connectivity index (χ2n) is 5.22. The van der Waals surface area contributed by atoms with Crippen LogP contribution in [0.3, 0.4) is 0 Å². The molecular weight excluding hydrogens is 282 g/mol. The smallest absolute Gasteiger partial charge is 0.354 e. The predicted molar refractivity (Wildman–Crippen MR) is 83.4 cm³/mol. The third-order valence-corrected chi connectivity index (χ3v) is 4.06. The summed E-state index contributed by atoms with van der Waals surface area (Å²) in [5, 5.41) is 14.5. The number of ether oxygens (including phenoxy) is 1. The average Bonchev–Trinajstić information content (AvgIpc) is 2.99. The highest BCUT2D eigenvalue weighted by molar-refractivity contribution is 6.02. The first kappa shape index (κ1) is 14.2. The van der Waals surface area contributed by atoms with Crippen LogP contribution in [0, 0.1) is 6.92 Å². The number of hydrogen-bond donors (Lipinski definition) is 1. The van der Waals surface area contributed by atoms with Crippen molar-refractivity contribution in [3.05, 3.63) is 35.7 Å². The highest BCUT2D eigenvalue weighted by atomic mass is 16.5. The summed E-state index contributed by atoms with van der Waals surface area (Å²) in [7, 11) is 5.23. The molecule has 0 saturated heterocycles. The number of benzene rings is 1. The second-order valence-corrected chi connectivity index (χ2v) is 5.22. The zero-order valence-electron chi connectivity index (χ0n) is 12.9. The van der Waals surface area contributed by atoms with E-state index >= 15 is 0 Å². The number of aromatic nitrogens is 3. The third-order valence-electron chi connectivity index (χ3n) is 4.06. The van der Waals surface area contributed by atoms with Crippen molar-refractivity contribution in [2.24, 2.45) is 14.1 Å². The Bertz CT molecular complexity index is 890. The minimum absolute atomic E-state index is 0.154. The van der Waals surface area contributed by atoms with Gasteiger partial charge in [-0.1, -0.05) is 6.07 Å². The molecule has 114 valence electrons. The Kier molecular flexibility index (Phi) is 3.16. The number of carboxylic acid groups (broad SMARTS) is 1. The molecule has 0 bridgehead atoms. The van der Waals surface area contributed by atoms with Crippen LogP contribution in [0.5, 0.6) is 5.75 Å². The fraction of sp³-hybridized carbons (Fsp3) is 0.250. The lowest BCUT2D eigenvalue weighted by molar-refractivity contribution is 0.0685. The summed E-state index contributed by atoms with van der Waals surface area (Å²) in [4.78, 5) is 11.3. The van der Waals surface area contributed by atoms with Gasteiger partial charge in [0.05, 0.1) is 23.7 Å². The number of carbonyl (C=O) groups is 1. The lowest BCUT2D eigenvalue weighted by Crippen LogP contribution is -2.04. The summed E-state index contributed by atoms with van der Waals surface area (Å²) in [5.41, 5.74) is 3.72. The molecule has 3 aromatic rings. The number of aryl methyl sites for hydroxylation is 2. The molecule has 0 saturated carbocycles. The van der Waals surface area contributed by atoms with E-state index in [9.17, 15) is 9.90 Å². The van der Waals surface area contributed by atoms with E-state index in [1.807, 2.05) is 32.2 Å². The Hall–Kier alpha value is -2.76. The first-order valence-corrected chi connectivity index (χ1v) is 6.85. The van der Waals surface area contributed by atoms with E-state index in [2.05, 4.69) is 9.67 Å². The molecule has 0 amide bonds. The highest BCUT2D eigenvalue weighted by Gasteiger charge is 2.21. The molecule has 22 heavy (non-hydrogen) atoms. The quantitative estimate of drug-likeness (QED) is 0.807. The first-order chi connectivity index (χ1) is 10.5. The lowest BCUT2D eigenvalue weighted by atomic mass is 10.1. The van der Waals surface area contributed by atoms with Gasteiger partial charge in [0.2, 0.25) is 0 Å². The molecule has 6 nitrogen and oxygen atoms in total. The van der Waals surface area contributed by atoms with Crippen molar-refractivity contribution in [3.8, 4) is 17.0 Å². The van der Waals surface area contributed by atoms with Gasteiger partial charge in [-0.05, 0) is 25.1 Å². The average molecular weight is 299 g/mol. The van der Waals surface area contributed by atoms with Gasteiger partial charge >= 0.3 is 5.97 Å². The van der Waals surface area contributed by atoms with E-state index < -0.39 is 5.97 Å². The van der Waals surface area contributed by atoms with Crippen LogP contribution in [0.15, 0.2) is 24.3 Å². The maximum atomic E-state index is 11.3. The SMILES string of the molecule is COc1cccc2c1c(-c1cc(C(=O)O)n(C)n1)c(C)n2C. The van der Waals surface area contributed by atoms with Crippen molar-refractivity contribution < 1.29 is 14.6 Å². The molecule has 0 radical (unpaired) electrons. The van der Waals surface area contributed by atoms with Crippen LogP contribution in [-0.2, 0) is 14.1 Å². The molecule has 3 rings (SSSR count). The van der Waals surface area contributed by atoms with Gasteiger partial charge in [0.1, 0.15) is 11.4 Å². The molecule has 0 unspecified atom stereocenters. The van der Waals surface area contributed by atoms with Crippen LogP contribution in [0.4, 0.5) is 0 Å². The maximum Gasteiger partial charge on any atom is 0.354 e. The number of carboxylic acids is 1. The van der Waals surface area contributed by atoms with Crippen LogP contribution in [0.2, 0.25) is 0 Å². The highest BCUT2D eigenvalue weighted by Crippen LogP contribution is 2.38. The summed E-state index contributed by atoms with van der Waals surface area (Å²) in [6, 6.07) is 7.43. The van der Waals surface area contributed by atoms with Crippen molar-refractivity contribution in [1.29, 1.82) is 0 Å². The maximum absolute atomic E-state index is 11.3. The van der Waals surface area contributed by atoms with E-state index in [1.165, 1.54) is 4.68 Å². The molecular formula is C16H17N3O3. The van der Waals surface area contributed by atoms with Gasteiger partial charge in [0.15, 0.2) is 0 Å². The monoisotopic (exact) mass is 299 g/mol. The fourth-order valence-corrected chi connectivity index (χ4v) is 2.85. The molecule has 0 spiro atoms. The van der Waals surface area contributed by atoms with Gasteiger partial charge in [-0.15, -0.1) is 0 Å². The zero-order chi connectivity index (χ0) is 16.0. The molecule has 1 N–H and O–H groups in total. The van der Waals surface area contributed by atoms with Crippen molar-refractivity contribution >= 4 is 16.9 Å². The van der Waals surface area contributed by atoms with Gasteiger partial charge in [0, 0.05) is 25.4 Å². The summed E-state index contributed by atoms with van der Waals surface area (Å²) in [6.07, 6.45) is 0. The van der Waals surface area contributed by atoms with E-state index in [0.29, 0.717) is 5.69 Å². The number of aromatic carboxylic acids is 1. The summed E-state index contributed by atoms with van der Waals surface area (Å²) in [5.74, 6) is -0.246. The van der Waals surface area contributed by atoms with Crippen LogP contribution >= 0.6 is 0 Å². The van der Waals surface area contributed by atoms with Crippen LogP contribution in [-0.4, -0.2) is 32.5 Å². The van der Waals surface area contributed by atoms with E-state index in [0.717, 1.165) is 27.9 Å². The Morgan fingerprint density at radius 2 is 2.05 bits per heavy atom. The van der Waals surface area contributed by atoms with Gasteiger partial charge in [0.25, 0.3) is 0 Å². The first-order valence-electron chi connectivity index (χ1n) is 6.85. The molecule has 0 aliphatic rings. The summed E-state index contributed by atoms with van der Waals surface area (Å²) in [6.45, 7) is 1.99. The van der Waals surface area contributed by atoms with Gasteiger partial charge in [-0.3, -0.25) is 4.68 Å². The molecule has 0 atom stereocenters. The number of hydrogen-bond acceptors (Lipinski definition) is 3. The molecule has 0 fully saturated rings. The zero-order valence-corrected chi connectivity index (χ0v) is 12.9. The Labute approximate surface area is 127 Å². The molecule has 1 aromatic carbocycles.